The van der Waals surface area contributed by atoms with E-state index >= 15 is 0 Å². The lowest BCUT2D eigenvalue weighted by Crippen LogP contribution is -2.29. The maximum Gasteiger partial charge on any atom is 0.472 e. The van der Waals surface area contributed by atoms with Crippen molar-refractivity contribution in [2.45, 2.75) is 221 Å². The number of likely N-dealkylation sites (N-methyl/N-ethyl adjacent to an activating group) is 1. The Morgan fingerprint density at radius 3 is 1.61 bits per heavy atom. The fraction of sp³-hybridized carbons (Fsp3) is 0.800. The molecule has 1 unspecified atom stereocenters. The van der Waals surface area contributed by atoms with Gasteiger partial charge in [-0.15, -0.1) is 0 Å². The summed E-state index contributed by atoms with van der Waals surface area (Å²) >= 11 is 0. The molecule has 2 aromatic rings. The van der Waals surface area contributed by atoms with Gasteiger partial charge in [-0.1, -0.05) is 117 Å². The molecule has 1 N–H and O–H groups in total. The van der Waals surface area contributed by atoms with Crippen LogP contribution in [0.15, 0.2) is 14.9 Å². The van der Waals surface area contributed by atoms with Crippen LogP contribution in [0.3, 0.4) is 0 Å². The second-order valence-corrected chi connectivity index (χ2v) is 19.2. The molecule has 358 valence electrons. The maximum absolute atomic E-state index is 12.8. The highest BCUT2D eigenvalue weighted by Crippen LogP contribution is 2.43. The number of rotatable bonds is 40. The van der Waals surface area contributed by atoms with E-state index in [-0.39, 0.29) is 32.0 Å². The van der Waals surface area contributed by atoms with E-state index in [1.807, 2.05) is 19.0 Å². The molecule has 2 aromatic heterocycles. The zero-order valence-corrected chi connectivity index (χ0v) is 41.2. The number of carbonyl (C=O) groups is 2. The van der Waals surface area contributed by atoms with Crippen LogP contribution in [-0.4, -0.2) is 68.3 Å². The molecule has 0 bridgehead atoms. The van der Waals surface area contributed by atoms with Gasteiger partial charge in [-0.25, -0.2) is 4.57 Å². The van der Waals surface area contributed by atoms with Crippen LogP contribution in [0.5, 0.6) is 0 Å². The average Bonchev–Trinajstić information content (AvgIpc) is 3.72. The van der Waals surface area contributed by atoms with E-state index < -0.39 is 26.5 Å². The van der Waals surface area contributed by atoms with Gasteiger partial charge in [0.05, 0.1) is 13.2 Å². The highest BCUT2D eigenvalue weighted by molar-refractivity contribution is 7.47. The van der Waals surface area contributed by atoms with Crippen LogP contribution in [0, 0.1) is 20.8 Å². The smallest absolute Gasteiger partial charge is 0.466 e. The zero-order chi connectivity index (χ0) is 45.4. The van der Waals surface area contributed by atoms with Gasteiger partial charge in [-0.05, 0) is 96.1 Å². The zero-order valence-electron chi connectivity index (χ0n) is 40.3. The molecule has 0 amide bonds. The van der Waals surface area contributed by atoms with Gasteiger partial charge in [0.2, 0.25) is 0 Å². The first-order chi connectivity index (χ1) is 29.8. The molecule has 0 radical (unpaired) electrons. The number of unbranched alkanes of at least 4 members (excludes halogenated alkanes) is 18. The number of furan rings is 2. The molecule has 0 aliphatic rings. The summed E-state index contributed by atoms with van der Waals surface area (Å²) in [5.74, 6) is 3.77. The van der Waals surface area contributed by atoms with Crippen molar-refractivity contribution in [1.29, 1.82) is 0 Å². The Balaban J connectivity index is 1.61. The van der Waals surface area contributed by atoms with Gasteiger partial charge in [-0.3, -0.25) is 18.6 Å². The highest BCUT2D eigenvalue weighted by Gasteiger charge is 2.26. The van der Waals surface area contributed by atoms with E-state index in [1.54, 1.807) is 0 Å². The lowest BCUT2D eigenvalue weighted by molar-refractivity contribution is -0.161. The highest BCUT2D eigenvalue weighted by atomic mass is 31.2. The van der Waals surface area contributed by atoms with Crippen molar-refractivity contribution in [2.75, 3.05) is 40.5 Å². The lowest BCUT2D eigenvalue weighted by atomic mass is 10.0. The van der Waals surface area contributed by atoms with Gasteiger partial charge in [0.15, 0.2) is 6.10 Å². The molecule has 0 aliphatic carbocycles. The van der Waals surface area contributed by atoms with Crippen molar-refractivity contribution < 1.29 is 46.4 Å². The van der Waals surface area contributed by atoms with E-state index in [0.29, 0.717) is 19.4 Å². The molecule has 2 atom stereocenters. The van der Waals surface area contributed by atoms with E-state index in [1.165, 1.54) is 99.5 Å². The van der Waals surface area contributed by atoms with Crippen LogP contribution in [0.25, 0.3) is 0 Å². The normalized spacial score (nSPS) is 13.2. The Hall–Kier alpha value is -2.43. The summed E-state index contributed by atoms with van der Waals surface area (Å²) in [5.41, 5.74) is 3.94. The largest absolute Gasteiger partial charge is 0.472 e. The number of nitrogens with zero attached hydrogens (tertiary/aromatic N) is 1. The predicted octanol–water partition coefficient (Wildman–Crippen LogP) is 13.2. The first-order valence-corrected chi connectivity index (χ1v) is 26.1. The van der Waals surface area contributed by atoms with Gasteiger partial charge >= 0.3 is 19.8 Å². The second-order valence-electron chi connectivity index (χ2n) is 17.8. The third kappa shape index (κ3) is 26.4. The van der Waals surface area contributed by atoms with Crippen molar-refractivity contribution in [3.8, 4) is 0 Å². The molecule has 0 fully saturated rings. The number of phosphoric acid groups is 1. The first-order valence-electron chi connectivity index (χ1n) is 24.6. The summed E-state index contributed by atoms with van der Waals surface area (Å²) < 4.78 is 46.0. The molecule has 0 aliphatic heterocycles. The molecule has 2 heterocycles. The molecule has 0 saturated heterocycles. The van der Waals surface area contributed by atoms with E-state index in [2.05, 4.69) is 40.7 Å². The van der Waals surface area contributed by atoms with Crippen LogP contribution in [0.1, 0.15) is 208 Å². The van der Waals surface area contributed by atoms with Crippen molar-refractivity contribution >= 4 is 19.8 Å². The molecule has 2 rings (SSSR count). The van der Waals surface area contributed by atoms with Crippen molar-refractivity contribution in [1.82, 2.24) is 4.90 Å². The first kappa shape index (κ1) is 55.7. The second kappa shape index (κ2) is 34.0. The summed E-state index contributed by atoms with van der Waals surface area (Å²) in [6.07, 6.45) is 27.8. The fourth-order valence-corrected chi connectivity index (χ4v) is 8.39. The number of hydrogen-bond donors (Lipinski definition) is 1. The summed E-state index contributed by atoms with van der Waals surface area (Å²) in [5, 5.41) is 0. The number of carbonyl (C=O) groups excluding carboxylic acids is 2. The van der Waals surface area contributed by atoms with Crippen LogP contribution in [0.4, 0.5) is 0 Å². The van der Waals surface area contributed by atoms with Crippen LogP contribution in [0.2, 0.25) is 0 Å². The van der Waals surface area contributed by atoms with Crippen LogP contribution < -0.4 is 0 Å². The molecule has 62 heavy (non-hydrogen) atoms. The standard InChI is InChI=1S/C50H88NO10P/c1-8-10-24-30-44-38-41(3)46(59-44)31-26-20-16-12-15-19-23-29-35-50(53)60-45(40-58-62(54,55)57-37-36-51(6)7)39-56-49(52)34-28-22-18-14-13-17-21-27-33-48-43(5)42(4)47(61-48)32-25-11-9-2/h38,45H,8-37,39-40H2,1-7H3,(H,54,55)/t45-/m1/s1. The van der Waals surface area contributed by atoms with Gasteiger partial charge in [-0.2, -0.15) is 0 Å². The summed E-state index contributed by atoms with van der Waals surface area (Å²) in [7, 11) is -0.743. The Morgan fingerprint density at radius 1 is 0.613 bits per heavy atom. The van der Waals surface area contributed by atoms with Crippen LogP contribution in [-0.2, 0) is 58.4 Å². The Kier molecular flexibility index (Phi) is 30.5. The van der Waals surface area contributed by atoms with E-state index in [9.17, 15) is 19.0 Å². The third-order valence-electron chi connectivity index (χ3n) is 11.8. The summed E-state index contributed by atoms with van der Waals surface area (Å²) in [6, 6.07) is 2.21. The van der Waals surface area contributed by atoms with E-state index in [0.717, 1.165) is 94.3 Å². The molecule has 12 heteroatoms. The summed E-state index contributed by atoms with van der Waals surface area (Å²) in [4.78, 5) is 37.3. The van der Waals surface area contributed by atoms with Crippen molar-refractivity contribution in [3.05, 3.63) is 45.8 Å². The number of ether oxygens (including phenoxy) is 2. The minimum Gasteiger partial charge on any atom is -0.466 e. The Labute approximate surface area is 376 Å². The molecule has 0 saturated carbocycles. The minimum atomic E-state index is -4.39. The van der Waals surface area contributed by atoms with Crippen molar-refractivity contribution in [3.63, 3.8) is 0 Å². The molecule has 11 nitrogen and oxygen atoms in total. The lowest BCUT2D eigenvalue weighted by Gasteiger charge is -2.20. The third-order valence-corrected chi connectivity index (χ3v) is 12.7. The van der Waals surface area contributed by atoms with Crippen molar-refractivity contribution in [2.24, 2.45) is 0 Å². The Morgan fingerprint density at radius 2 is 1.08 bits per heavy atom. The molecular weight excluding hydrogens is 806 g/mol. The quantitative estimate of drug-likeness (QED) is 0.0389. The maximum atomic E-state index is 12.8. The number of hydrogen-bond acceptors (Lipinski definition) is 10. The monoisotopic (exact) mass is 894 g/mol. The predicted molar refractivity (Wildman–Crippen MR) is 250 cm³/mol. The number of esters is 2. The van der Waals surface area contributed by atoms with Gasteiger partial charge in [0.25, 0.3) is 0 Å². The minimum absolute atomic E-state index is 0.00384. The van der Waals surface area contributed by atoms with Gasteiger partial charge < -0.3 is 28.1 Å². The van der Waals surface area contributed by atoms with E-state index in [4.69, 9.17) is 27.4 Å². The van der Waals surface area contributed by atoms with Gasteiger partial charge in [0, 0.05) is 45.1 Å². The SMILES string of the molecule is CCCCCc1cc(C)c(CCCCCCCCCCC(=O)O[C@H](COC(=O)CCCCCCCCCCc2oc(CCCCC)c(C)c2C)COP(=O)(O)OCCN(C)C)o1. The van der Waals surface area contributed by atoms with Gasteiger partial charge in [0.1, 0.15) is 29.6 Å². The number of phosphoric ester groups is 1. The molecule has 0 spiro atoms. The average molecular weight is 894 g/mol. The molecular formula is C50H88NO10P. The summed E-state index contributed by atoms with van der Waals surface area (Å²) in [6.45, 7) is 10.7. The molecule has 0 aromatic carbocycles. The Bertz CT molecular complexity index is 1520. The number of aryl methyl sites for hydroxylation is 5. The van der Waals surface area contributed by atoms with Crippen LogP contribution >= 0.6 is 7.82 Å². The fourth-order valence-electron chi connectivity index (χ4n) is 7.65. The topological polar surface area (TPSA) is 138 Å².